The fourth-order valence-corrected chi connectivity index (χ4v) is 4.32. The van der Waals surface area contributed by atoms with E-state index < -0.39 is 11.0 Å². The maximum Gasteiger partial charge on any atom is 0.410 e. The van der Waals surface area contributed by atoms with Gasteiger partial charge in [0.05, 0.1) is 42.9 Å². The predicted octanol–water partition coefficient (Wildman–Crippen LogP) is 3.88. The van der Waals surface area contributed by atoms with Crippen LogP contribution in [0.3, 0.4) is 0 Å². The van der Waals surface area contributed by atoms with Crippen molar-refractivity contribution in [3.05, 3.63) is 24.0 Å². The Bertz CT molecular complexity index is 847. The highest BCUT2D eigenvalue weighted by molar-refractivity contribution is 5.69. The van der Waals surface area contributed by atoms with Gasteiger partial charge in [-0.3, -0.25) is 4.98 Å². The Morgan fingerprint density at radius 1 is 1.39 bits per heavy atom. The van der Waals surface area contributed by atoms with E-state index in [1.807, 2.05) is 44.0 Å². The molecule has 1 atom stereocenters. The summed E-state index contributed by atoms with van der Waals surface area (Å²) < 4.78 is 11.0. The average molecular weight is 427 g/mol. The lowest BCUT2D eigenvalue weighted by Crippen LogP contribution is -2.53. The molecule has 0 radical (unpaired) electrons. The smallest absolute Gasteiger partial charge is 0.410 e. The first-order valence-electron chi connectivity index (χ1n) is 11.3. The van der Waals surface area contributed by atoms with Gasteiger partial charge in [0.1, 0.15) is 11.0 Å². The van der Waals surface area contributed by atoms with Gasteiger partial charge in [0.15, 0.2) is 0 Å². The summed E-state index contributed by atoms with van der Waals surface area (Å²) in [5.74, 6) is 0. The number of hydrogen-bond donors (Lipinski definition) is 0. The SMILES string of the molecule is CC1(CN(C(=O)OC(C)(C)C)[C@@H]2CCCN(c3ccc(C4(C#N)COC4)nc3)C2)CC1. The molecule has 0 spiro atoms. The molecule has 4 rings (SSSR count). The molecule has 3 heterocycles. The summed E-state index contributed by atoms with van der Waals surface area (Å²) in [6.45, 7) is 11.3. The van der Waals surface area contributed by atoms with Crippen LogP contribution in [0.1, 0.15) is 59.1 Å². The van der Waals surface area contributed by atoms with Gasteiger partial charge < -0.3 is 19.3 Å². The number of carbonyl (C=O) groups excluding carboxylic acids is 1. The number of aromatic nitrogens is 1. The first-order chi connectivity index (χ1) is 14.6. The zero-order chi connectivity index (χ0) is 22.3. The third kappa shape index (κ3) is 4.79. The quantitative estimate of drug-likeness (QED) is 0.711. The van der Waals surface area contributed by atoms with Crippen molar-refractivity contribution in [1.29, 1.82) is 5.26 Å². The number of carbonyl (C=O) groups is 1. The average Bonchev–Trinajstić information content (AvgIpc) is 3.42. The topological polar surface area (TPSA) is 78.7 Å². The lowest BCUT2D eigenvalue weighted by molar-refractivity contribution is -0.0317. The van der Waals surface area contributed by atoms with Gasteiger partial charge in [0, 0.05) is 19.6 Å². The normalized spacial score (nSPS) is 24.0. The van der Waals surface area contributed by atoms with Crippen molar-refractivity contribution < 1.29 is 14.3 Å². The third-order valence-electron chi connectivity index (χ3n) is 6.64. The van der Waals surface area contributed by atoms with Gasteiger partial charge in [-0.25, -0.2) is 4.79 Å². The number of nitrogens with zero attached hydrogens (tertiary/aromatic N) is 4. The highest BCUT2D eigenvalue weighted by atomic mass is 16.6. The van der Waals surface area contributed by atoms with E-state index in [2.05, 4.69) is 22.9 Å². The Morgan fingerprint density at radius 2 is 2.13 bits per heavy atom. The Labute approximate surface area is 185 Å². The number of piperidine rings is 1. The highest BCUT2D eigenvalue weighted by Gasteiger charge is 2.44. The minimum absolute atomic E-state index is 0.117. The molecule has 1 aromatic heterocycles. The van der Waals surface area contributed by atoms with Crippen LogP contribution >= 0.6 is 0 Å². The second-order valence-electron chi connectivity index (χ2n) is 10.7. The Hall–Kier alpha value is -2.33. The summed E-state index contributed by atoms with van der Waals surface area (Å²) in [6.07, 6.45) is 5.97. The molecule has 2 aliphatic heterocycles. The van der Waals surface area contributed by atoms with Crippen molar-refractivity contribution >= 4 is 11.8 Å². The molecule has 31 heavy (non-hydrogen) atoms. The zero-order valence-corrected chi connectivity index (χ0v) is 19.2. The minimum atomic E-state index is -0.601. The summed E-state index contributed by atoms with van der Waals surface area (Å²) in [5.41, 5.74) is 0.921. The van der Waals surface area contributed by atoms with E-state index in [1.165, 1.54) is 12.8 Å². The largest absolute Gasteiger partial charge is 0.444 e. The standard InChI is InChI=1S/C24H34N4O3/c1-22(2,3)31-21(29)28(15-23(4)9-10-23)19-6-5-11-27(13-19)18-7-8-20(26-12-18)24(14-25)16-30-17-24/h7-8,12,19H,5-6,9-11,13,15-17H2,1-4H3/t19-/m1/s1. The first-order valence-corrected chi connectivity index (χ1v) is 11.3. The summed E-state index contributed by atoms with van der Waals surface area (Å²) in [7, 11) is 0. The Morgan fingerprint density at radius 3 is 2.65 bits per heavy atom. The van der Waals surface area contributed by atoms with Crippen LogP contribution in [0.2, 0.25) is 0 Å². The number of anilines is 1. The molecule has 1 saturated carbocycles. The fourth-order valence-electron chi connectivity index (χ4n) is 4.32. The molecule has 0 aromatic carbocycles. The van der Waals surface area contributed by atoms with Crippen LogP contribution in [0, 0.1) is 16.7 Å². The lowest BCUT2D eigenvalue weighted by atomic mass is 9.84. The van der Waals surface area contributed by atoms with Crippen molar-refractivity contribution in [1.82, 2.24) is 9.88 Å². The van der Waals surface area contributed by atoms with Gasteiger partial charge >= 0.3 is 6.09 Å². The Kier molecular flexibility index (Phi) is 5.63. The van der Waals surface area contributed by atoms with Crippen LogP contribution in [0.5, 0.6) is 0 Å². The molecule has 3 aliphatic rings. The van der Waals surface area contributed by atoms with Crippen LogP contribution in [0.25, 0.3) is 0 Å². The molecular weight excluding hydrogens is 392 g/mol. The Balaban J connectivity index is 1.48. The molecule has 3 fully saturated rings. The van der Waals surface area contributed by atoms with Crippen LogP contribution < -0.4 is 4.90 Å². The van der Waals surface area contributed by atoms with Crippen molar-refractivity contribution in [2.45, 2.75) is 70.4 Å². The van der Waals surface area contributed by atoms with Gasteiger partial charge in [-0.2, -0.15) is 5.26 Å². The second-order valence-corrected chi connectivity index (χ2v) is 10.7. The zero-order valence-electron chi connectivity index (χ0n) is 19.2. The van der Waals surface area contributed by atoms with Crippen LogP contribution in [-0.2, 0) is 14.9 Å². The molecule has 0 bridgehead atoms. The van der Waals surface area contributed by atoms with Crippen molar-refractivity contribution in [3.8, 4) is 6.07 Å². The molecule has 7 heteroatoms. The molecular formula is C24H34N4O3. The number of nitriles is 1. The number of hydrogen-bond acceptors (Lipinski definition) is 6. The van der Waals surface area contributed by atoms with Gasteiger partial charge in [-0.05, 0) is 64.0 Å². The molecule has 1 amide bonds. The van der Waals surface area contributed by atoms with Crippen molar-refractivity contribution in [2.24, 2.45) is 5.41 Å². The predicted molar refractivity (Wildman–Crippen MR) is 118 cm³/mol. The van der Waals surface area contributed by atoms with E-state index in [9.17, 15) is 10.1 Å². The maximum absolute atomic E-state index is 13.1. The van der Waals surface area contributed by atoms with Crippen molar-refractivity contribution in [2.75, 3.05) is 37.7 Å². The molecule has 2 saturated heterocycles. The van der Waals surface area contributed by atoms with E-state index in [0.29, 0.717) is 13.2 Å². The van der Waals surface area contributed by atoms with Gasteiger partial charge in [0.25, 0.3) is 0 Å². The molecule has 1 aromatic rings. The van der Waals surface area contributed by atoms with Gasteiger partial charge in [-0.15, -0.1) is 0 Å². The number of ether oxygens (including phenoxy) is 2. The van der Waals surface area contributed by atoms with E-state index >= 15 is 0 Å². The fraction of sp³-hybridized carbons (Fsp3) is 0.708. The lowest BCUT2D eigenvalue weighted by Gasteiger charge is -2.41. The maximum atomic E-state index is 13.1. The summed E-state index contributed by atoms with van der Waals surface area (Å²) >= 11 is 0. The summed E-state index contributed by atoms with van der Waals surface area (Å²) in [4.78, 5) is 21.9. The number of pyridine rings is 1. The van der Waals surface area contributed by atoms with Crippen LogP contribution in [0.4, 0.5) is 10.5 Å². The molecule has 168 valence electrons. The summed E-state index contributed by atoms with van der Waals surface area (Å²) in [5, 5.41) is 9.50. The van der Waals surface area contributed by atoms with E-state index in [0.717, 1.165) is 43.9 Å². The number of amides is 1. The third-order valence-corrected chi connectivity index (χ3v) is 6.64. The van der Waals surface area contributed by atoms with Crippen LogP contribution in [0.15, 0.2) is 18.3 Å². The summed E-state index contributed by atoms with van der Waals surface area (Å²) in [6, 6.07) is 6.46. The first kappa shape index (κ1) is 21.9. The monoisotopic (exact) mass is 426 g/mol. The van der Waals surface area contributed by atoms with Gasteiger partial charge in [0.2, 0.25) is 0 Å². The van der Waals surface area contributed by atoms with E-state index in [4.69, 9.17) is 9.47 Å². The second kappa shape index (κ2) is 7.98. The van der Waals surface area contributed by atoms with Crippen LogP contribution in [-0.4, -0.2) is 60.5 Å². The highest BCUT2D eigenvalue weighted by Crippen LogP contribution is 2.46. The van der Waals surface area contributed by atoms with Crippen molar-refractivity contribution in [3.63, 3.8) is 0 Å². The molecule has 0 unspecified atom stereocenters. The minimum Gasteiger partial charge on any atom is -0.444 e. The molecule has 0 N–H and O–H groups in total. The van der Waals surface area contributed by atoms with E-state index in [-0.39, 0.29) is 17.6 Å². The van der Waals surface area contributed by atoms with Gasteiger partial charge in [-0.1, -0.05) is 6.92 Å². The molecule has 1 aliphatic carbocycles. The number of rotatable bonds is 5. The van der Waals surface area contributed by atoms with E-state index in [1.54, 1.807) is 0 Å². The molecule has 7 nitrogen and oxygen atoms in total.